The van der Waals surface area contributed by atoms with Crippen LogP contribution in [0.3, 0.4) is 0 Å². The number of hydrogen-bond acceptors (Lipinski definition) is 15. The third-order valence-corrected chi connectivity index (χ3v) is 7.51. The number of amides is 2. The van der Waals surface area contributed by atoms with Gasteiger partial charge in [-0.3, -0.25) is 14.6 Å². The van der Waals surface area contributed by atoms with Crippen molar-refractivity contribution in [2.45, 2.75) is 44.4 Å². The second-order valence-electron chi connectivity index (χ2n) is 10.1. The van der Waals surface area contributed by atoms with Gasteiger partial charge in [-0.2, -0.15) is 9.35 Å². The Morgan fingerprint density at radius 1 is 1.38 bits per heavy atom. The molecule has 3 heterocycles. The van der Waals surface area contributed by atoms with E-state index in [0.29, 0.717) is 25.4 Å². The molecule has 17 heteroatoms. The van der Waals surface area contributed by atoms with Crippen LogP contribution < -0.4 is 32.2 Å². The number of aliphatic imine (C=N–C) groups is 1. The number of carbonyl (C=O) groups excluding carboxylic acids is 2. The molecule has 0 spiro atoms. The highest BCUT2D eigenvalue weighted by Crippen LogP contribution is 2.33. The van der Waals surface area contributed by atoms with Crippen molar-refractivity contribution < 1.29 is 28.0 Å². The van der Waals surface area contributed by atoms with Crippen LogP contribution in [-0.4, -0.2) is 88.6 Å². The molecule has 1 aromatic carbocycles. The van der Waals surface area contributed by atoms with Crippen LogP contribution in [0.4, 0.5) is 5.13 Å². The first-order valence-corrected chi connectivity index (χ1v) is 14.7. The summed E-state index contributed by atoms with van der Waals surface area (Å²) in [5.41, 5.74) is 11.6. The van der Waals surface area contributed by atoms with Crippen LogP contribution in [0.1, 0.15) is 37.9 Å². The number of nitrogen functional groups attached to an aromatic ring is 1. The quantitative estimate of drug-likeness (QED) is 0.0788. The maximum absolute atomic E-state index is 13.2. The van der Waals surface area contributed by atoms with Gasteiger partial charge in [0, 0.05) is 30.9 Å². The Kier molecular flexibility index (Phi) is 10.4. The Labute approximate surface area is 251 Å². The predicted molar refractivity (Wildman–Crippen MR) is 160 cm³/mol. The van der Waals surface area contributed by atoms with E-state index in [9.17, 15) is 9.59 Å². The summed E-state index contributed by atoms with van der Waals surface area (Å²) in [4.78, 5) is 39.8. The number of nitrogens with zero attached hydrogens (tertiary/aromatic N) is 4. The summed E-state index contributed by atoms with van der Waals surface area (Å²) < 4.78 is 19.6. The third-order valence-electron chi connectivity index (χ3n) is 6.62. The molecule has 228 valence electrons. The molecule has 0 bridgehead atoms. The number of oxime groups is 1. The number of β-lactam (4-membered cyclic amide) rings is 1. The fraction of sp³-hybridized carbons (Fsp3) is 0.480. The molecule has 3 unspecified atom stereocenters. The normalized spacial score (nSPS) is 20.6. The molecule has 2 aliphatic rings. The van der Waals surface area contributed by atoms with Crippen LogP contribution in [0.15, 0.2) is 39.8 Å². The molecule has 2 aliphatic heterocycles. The van der Waals surface area contributed by atoms with Gasteiger partial charge in [-0.05, 0) is 38.5 Å². The minimum atomic E-state index is -0.923. The molecule has 0 saturated carbocycles. The highest BCUT2D eigenvalue weighted by atomic mass is 32.2. The number of hydrogen-bond donors (Lipinski definition) is 6. The average Bonchev–Trinajstić information content (AvgIpc) is 3.42. The van der Waals surface area contributed by atoms with E-state index < -0.39 is 29.5 Å². The Balaban J connectivity index is 1.32. The number of anilines is 1. The SMILES string of the molecule is CC(COc1ccc(C2CN=C(NCCN)NC2)cc1)O/N=C(\C(=O)NC1C(=O)N(OSO)C1(C)C)c1csc(N)n1. The molecule has 15 nitrogen and oxygen atoms in total. The van der Waals surface area contributed by atoms with Crippen LogP contribution >= 0.6 is 23.7 Å². The summed E-state index contributed by atoms with van der Waals surface area (Å²) in [6.07, 6.45) is -0.535. The first-order chi connectivity index (χ1) is 20.1. The lowest BCUT2D eigenvalue weighted by atomic mass is 9.84. The van der Waals surface area contributed by atoms with Crippen molar-refractivity contribution >= 4 is 52.3 Å². The molecule has 2 aromatic rings. The summed E-state index contributed by atoms with van der Waals surface area (Å²) in [5, 5.41) is 15.9. The van der Waals surface area contributed by atoms with Crippen LogP contribution in [0.5, 0.6) is 5.75 Å². The fourth-order valence-corrected chi connectivity index (χ4v) is 5.14. The number of thiazole rings is 1. The molecule has 2 amide bonds. The molecule has 42 heavy (non-hydrogen) atoms. The molecule has 1 fully saturated rings. The molecular formula is C25H35N9O6S2. The maximum atomic E-state index is 13.2. The smallest absolute Gasteiger partial charge is 0.276 e. The molecule has 8 N–H and O–H groups in total. The fourth-order valence-electron chi connectivity index (χ4n) is 4.26. The summed E-state index contributed by atoms with van der Waals surface area (Å²) in [7, 11) is 0. The minimum absolute atomic E-state index is 0.0437. The zero-order chi connectivity index (χ0) is 30.3. The second kappa shape index (κ2) is 14.0. The zero-order valence-electron chi connectivity index (χ0n) is 23.4. The van der Waals surface area contributed by atoms with Crippen LogP contribution in [-0.2, 0) is 18.7 Å². The van der Waals surface area contributed by atoms with E-state index in [1.54, 1.807) is 26.2 Å². The highest BCUT2D eigenvalue weighted by Gasteiger charge is 2.57. The van der Waals surface area contributed by atoms with Gasteiger partial charge in [-0.25, -0.2) is 4.98 Å². The van der Waals surface area contributed by atoms with Gasteiger partial charge < -0.3 is 41.5 Å². The largest absolute Gasteiger partial charge is 0.490 e. The molecular weight excluding hydrogens is 586 g/mol. The number of aromatic nitrogens is 1. The van der Waals surface area contributed by atoms with Crippen molar-refractivity contribution in [3.63, 3.8) is 0 Å². The summed E-state index contributed by atoms with van der Waals surface area (Å²) in [6.45, 7) is 7.89. The van der Waals surface area contributed by atoms with Crippen molar-refractivity contribution in [2.24, 2.45) is 15.9 Å². The summed E-state index contributed by atoms with van der Waals surface area (Å²) in [5.74, 6) is 0.451. The molecule has 0 aliphatic carbocycles. The van der Waals surface area contributed by atoms with E-state index in [0.717, 1.165) is 34.5 Å². The molecule has 4 rings (SSSR count). The van der Waals surface area contributed by atoms with Gasteiger partial charge in [-0.15, -0.1) is 11.3 Å². The Bertz CT molecular complexity index is 1300. The van der Waals surface area contributed by atoms with E-state index in [1.165, 1.54) is 0 Å². The standard InChI is InChI=1S/C25H35N9O6S2/c1-14(12-38-17-6-4-15(5-7-17)16-10-29-24(30-11-16)28-9-8-26)39-33-19(18-13-41-23(27)31-18)21(35)32-20-22(36)34(40-42-37)25(20,2)3/h4-7,13-14,16,20,37H,8-12,26H2,1-3H3,(H2,27,31)(H,32,35)(H2,28,29,30)/b33-19-. The average molecular weight is 622 g/mol. The number of carbonyl (C=O) groups is 2. The van der Waals surface area contributed by atoms with Crippen molar-refractivity contribution in [1.82, 2.24) is 26.0 Å². The Morgan fingerprint density at radius 3 is 2.74 bits per heavy atom. The van der Waals surface area contributed by atoms with Gasteiger partial charge in [0.25, 0.3) is 11.8 Å². The van der Waals surface area contributed by atoms with Crippen LogP contribution in [0.25, 0.3) is 0 Å². The minimum Gasteiger partial charge on any atom is -0.490 e. The van der Waals surface area contributed by atoms with Gasteiger partial charge in [0.15, 0.2) is 35.2 Å². The number of rotatable bonds is 13. The predicted octanol–water partition coefficient (Wildman–Crippen LogP) is 0.663. The molecule has 1 saturated heterocycles. The summed E-state index contributed by atoms with van der Waals surface area (Å²) in [6, 6.07) is 6.85. The maximum Gasteiger partial charge on any atom is 0.276 e. The second-order valence-corrected chi connectivity index (χ2v) is 11.3. The van der Waals surface area contributed by atoms with Gasteiger partial charge in [0.05, 0.1) is 12.1 Å². The molecule has 0 radical (unpaired) electrons. The lowest BCUT2D eigenvalue weighted by Crippen LogP contribution is -2.76. The van der Waals surface area contributed by atoms with Crippen LogP contribution in [0, 0.1) is 0 Å². The first-order valence-electron chi connectivity index (χ1n) is 13.2. The number of nitrogens with two attached hydrogens (primary N) is 2. The molecule has 3 atom stereocenters. The number of guanidine groups is 1. The van der Waals surface area contributed by atoms with Crippen molar-refractivity contribution in [3.8, 4) is 5.75 Å². The monoisotopic (exact) mass is 621 g/mol. The number of benzene rings is 1. The molecule has 1 aromatic heterocycles. The highest BCUT2D eigenvalue weighted by molar-refractivity contribution is 7.88. The lowest BCUT2D eigenvalue weighted by molar-refractivity contribution is -0.214. The number of hydroxylamine groups is 2. The van der Waals surface area contributed by atoms with E-state index >= 15 is 0 Å². The van der Waals surface area contributed by atoms with Gasteiger partial charge in [0.1, 0.15) is 24.1 Å². The number of ether oxygens (including phenoxy) is 1. The Hall–Kier alpha value is -3.64. The number of nitrogens with one attached hydrogen (secondary N) is 3. The van der Waals surface area contributed by atoms with E-state index in [2.05, 4.69) is 31.1 Å². The third kappa shape index (κ3) is 7.40. The Morgan fingerprint density at radius 2 is 2.14 bits per heavy atom. The van der Waals surface area contributed by atoms with E-state index in [-0.39, 0.29) is 41.4 Å². The first kappa shape index (κ1) is 31.3. The van der Waals surface area contributed by atoms with Crippen molar-refractivity contribution in [2.75, 3.05) is 38.5 Å². The van der Waals surface area contributed by atoms with E-state index in [1.807, 2.05) is 24.3 Å². The lowest BCUT2D eigenvalue weighted by Gasteiger charge is -2.50. The van der Waals surface area contributed by atoms with Crippen molar-refractivity contribution in [3.05, 3.63) is 40.9 Å². The van der Waals surface area contributed by atoms with Gasteiger partial charge >= 0.3 is 0 Å². The van der Waals surface area contributed by atoms with Crippen LogP contribution in [0.2, 0.25) is 0 Å². The van der Waals surface area contributed by atoms with E-state index in [4.69, 9.17) is 29.9 Å². The van der Waals surface area contributed by atoms with Gasteiger partial charge in [-0.1, -0.05) is 17.3 Å². The topological polar surface area (TPSA) is 211 Å². The van der Waals surface area contributed by atoms with Gasteiger partial charge in [0.2, 0.25) is 0 Å². The zero-order valence-corrected chi connectivity index (χ0v) is 25.0. The van der Waals surface area contributed by atoms with Crippen molar-refractivity contribution in [1.29, 1.82) is 0 Å². The summed E-state index contributed by atoms with van der Waals surface area (Å²) >= 11 is 1.18.